The molecule has 2 N–H and O–H groups in total. The van der Waals surface area contributed by atoms with Gasteiger partial charge in [-0.05, 0) is 18.2 Å². The van der Waals surface area contributed by atoms with E-state index in [4.69, 9.17) is 0 Å². The standard InChI is InChI=1S/C14H12FN3O4/c15-14-7-6-9(10(19)11(14)20)17-12(21)16(13(22)18(14)17)8-4-2-1-3-5-8/h1-7,9-11,19-20H/t9-,10-,11-,14+/m0/s1. The van der Waals surface area contributed by atoms with Gasteiger partial charge in [0.05, 0.1) is 5.69 Å². The van der Waals surface area contributed by atoms with Crippen molar-refractivity contribution in [1.82, 2.24) is 13.9 Å². The Balaban J connectivity index is 2.08. The Morgan fingerprint density at radius 2 is 1.77 bits per heavy atom. The number of aliphatic hydroxyl groups is 2. The van der Waals surface area contributed by atoms with E-state index in [0.29, 0.717) is 10.4 Å². The number of hydrogen-bond acceptors (Lipinski definition) is 4. The van der Waals surface area contributed by atoms with Crippen LogP contribution in [0.25, 0.3) is 5.69 Å². The fraction of sp³-hybridized carbons (Fsp3) is 0.286. The first-order chi connectivity index (χ1) is 10.5. The van der Waals surface area contributed by atoms with E-state index >= 15 is 4.39 Å². The average molecular weight is 305 g/mol. The molecule has 2 bridgehead atoms. The monoisotopic (exact) mass is 305 g/mol. The number of rotatable bonds is 1. The van der Waals surface area contributed by atoms with Crippen molar-refractivity contribution in [3.63, 3.8) is 0 Å². The van der Waals surface area contributed by atoms with Crippen LogP contribution in [-0.2, 0) is 5.79 Å². The van der Waals surface area contributed by atoms with Crippen molar-refractivity contribution in [2.24, 2.45) is 0 Å². The van der Waals surface area contributed by atoms with E-state index in [0.717, 1.165) is 15.3 Å². The summed E-state index contributed by atoms with van der Waals surface area (Å²) in [6.45, 7) is 0. The molecule has 0 radical (unpaired) electrons. The lowest BCUT2D eigenvalue weighted by Crippen LogP contribution is -2.62. The smallest absolute Gasteiger partial charge is 0.355 e. The van der Waals surface area contributed by atoms with E-state index in [1.165, 1.54) is 6.08 Å². The molecule has 0 spiro atoms. The number of alkyl halides is 1. The summed E-state index contributed by atoms with van der Waals surface area (Å²) in [7, 11) is 0. The van der Waals surface area contributed by atoms with Crippen molar-refractivity contribution in [2.75, 3.05) is 0 Å². The lowest BCUT2D eigenvalue weighted by Gasteiger charge is -2.44. The summed E-state index contributed by atoms with van der Waals surface area (Å²) in [4.78, 5) is 25.1. The summed E-state index contributed by atoms with van der Waals surface area (Å²) >= 11 is 0. The Morgan fingerprint density at radius 1 is 1.09 bits per heavy atom. The van der Waals surface area contributed by atoms with Crippen molar-refractivity contribution < 1.29 is 14.6 Å². The van der Waals surface area contributed by atoms with Gasteiger partial charge in [0.2, 0.25) is 0 Å². The van der Waals surface area contributed by atoms with Crippen molar-refractivity contribution in [3.8, 4) is 5.69 Å². The van der Waals surface area contributed by atoms with Gasteiger partial charge in [-0.25, -0.2) is 23.2 Å². The minimum Gasteiger partial charge on any atom is -0.388 e. The van der Waals surface area contributed by atoms with Gasteiger partial charge < -0.3 is 10.2 Å². The number of para-hydroxylation sites is 1. The highest BCUT2D eigenvalue weighted by atomic mass is 19.1. The van der Waals surface area contributed by atoms with Crippen LogP contribution in [0.4, 0.5) is 4.39 Å². The summed E-state index contributed by atoms with van der Waals surface area (Å²) in [5, 5.41) is 19.9. The molecule has 0 saturated heterocycles. The maximum absolute atomic E-state index is 15.0. The van der Waals surface area contributed by atoms with Crippen LogP contribution in [0.3, 0.4) is 0 Å². The molecule has 1 aliphatic carbocycles. The van der Waals surface area contributed by atoms with Crippen LogP contribution in [-0.4, -0.2) is 36.4 Å². The maximum atomic E-state index is 15.0. The molecule has 4 atom stereocenters. The summed E-state index contributed by atoms with van der Waals surface area (Å²) in [6, 6.07) is 7.11. The van der Waals surface area contributed by atoms with Crippen LogP contribution in [0.1, 0.15) is 6.04 Å². The summed E-state index contributed by atoms with van der Waals surface area (Å²) in [6.07, 6.45) is -1.02. The van der Waals surface area contributed by atoms with E-state index in [1.807, 2.05) is 0 Å². The first kappa shape index (κ1) is 13.2. The van der Waals surface area contributed by atoms with Crippen molar-refractivity contribution >= 4 is 0 Å². The van der Waals surface area contributed by atoms with Crippen LogP contribution >= 0.6 is 0 Å². The van der Waals surface area contributed by atoms with Gasteiger partial charge >= 0.3 is 11.4 Å². The third kappa shape index (κ3) is 1.36. The molecule has 0 fully saturated rings. The molecule has 2 aliphatic heterocycles. The lowest BCUT2D eigenvalue weighted by molar-refractivity contribution is -0.158. The largest absolute Gasteiger partial charge is 0.388 e. The molecule has 5 rings (SSSR count). The molecule has 114 valence electrons. The number of nitrogens with zero attached hydrogens (tertiary/aromatic N) is 3. The second-order valence-corrected chi connectivity index (χ2v) is 5.41. The first-order valence-electron chi connectivity index (χ1n) is 6.73. The van der Waals surface area contributed by atoms with Gasteiger partial charge in [-0.2, -0.15) is 4.68 Å². The zero-order chi connectivity index (χ0) is 15.6. The predicted molar refractivity (Wildman–Crippen MR) is 73.6 cm³/mol. The number of halogens is 1. The molecule has 2 aromatic rings. The van der Waals surface area contributed by atoms with Gasteiger partial charge in [-0.15, -0.1) is 0 Å². The van der Waals surface area contributed by atoms with E-state index in [2.05, 4.69) is 0 Å². The van der Waals surface area contributed by atoms with Crippen molar-refractivity contribution in [1.29, 1.82) is 0 Å². The highest BCUT2D eigenvalue weighted by Crippen LogP contribution is 2.39. The van der Waals surface area contributed by atoms with Crippen LogP contribution < -0.4 is 11.4 Å². The van der Waals surface area contributed by atoms with E-state index in [1.54, 1.807) is 30.3 Å². The van der Waals surface area contributed by atoms with Crippen LogP contribution in [0.15, 0.2) is 52.1 Å². The Labute approximate surface area is 122 Å². The Hall–Kier alpha value is -2.45. The Morgan fingerprint density at radius 3 is 2.45 bits per heavy atom. The molecule has 22 heavy (non-hydrogen) atoms. The second kappa shape index (κ2) is 4.05. The number of benzene rings is 1. The molecule has 0 amide bonds. The molecular weight excluding hydrogens is 293 g/mol. The second-order valence-electron chi connectivity index (χ2n) is 5.41. The van der Waals surface area contributed by atoms with Crippen LogP contribution in [0, 0.1) is 0 Å². The minimum atomic E-state index is -2.65. The zero-order valence-electron chi connectivity index (χ0n) is 11.2. The maximum Gasteiger partial charge on any atom is 0.355 e. The molecular formula is C14H12FN3O4. The third-order valence-corrected chi connectivity index (χ3v) is 4.21. The average Bonchev–Trinajstić information content (AvgIpc) is 2.79. The number of hydrogen-bond donors (Lipinski definition) is 2. The highest BCUT2D eigenvalue weighted by molar-refractivity contribution is 5.31. The molecule has 7 nitrogen and oxygen atoms in total. The Bertz CT molecular complexity index is 897. The topological polar surface area (TPSA) is 89.4 Å². The van der Waals surface area contributed by atoms with Crippen molar-refractivity contribution in [3.05, 3.63) is 63.5 Å². The van der Waals surface area contributed by atoms with E-state index < -0.39 is 35.4 Å². The van der Waals surface area contributed by atoms with Gasteiger partial charge in [0.15, 0.2) is 0 Å². The van der Waals surface area contributed by atoms with Crippen LogP contribution in [0.5, 0.6) is 0 Å². The van der Waals surface area contributed by atoms with Gasteiger partial charge in [0.25, 0.3) is 5.79 Å². The quantitative estimate of drug-likeness (QED) is 0.680. The third-order valence-electron chi connectivity index (χ3n) is 4.21. The molecule has 1 aromatic carbocycles. The number of aliphatic hydroxyl groups excluding tert-OH is 2. The fourth-order valence-corrected chi connectivity index (χ4v) is 3.12. The predicted octanol–water partition coefficient (Wildman–Crippen LogP) is -0.731. The lowest BCUT2D eigenvalue weighted by atomic mass is 9.88. The fourth-order valence-electron chi connectivity index (χ4n) is 3.12. The summed E-state index contributed by atoms with van der Waals surface area (Å²) < 4.78 is 17.3. The molecule has 0 unspecified atom stereocenters. The van der Waals surface area contributed by atoms with E-state index in [9.17, 15) is 19.8 Å². The van der Waals surface area contributed by atoms with Gasteiger partial charge in [-0.3, -0.25) is 0 Å². The van der Waals surface area contributed by atoms with Gasteiger partial charge in [0, 0.05) is 0 Å². The molecule has 1 aromatic heterocycles. The SMILES string of the molecule is O=c1n(-c2ccccc2)c(=O)n2n1[C@H]1C=C[C@]2(F)[C@@H](O)[C@H]1O. The molecule has 3 heterocycles. The van der Waals surface area contributed by atoms with Crippen molar-refractivity contribution in [2.45, 2.75) is 24.0 Å². The number of fused-ring (bicyclic) bond motifs is 1. The van der Waals surface area contributed by atoms with E-state index in [-0.39, 0.29) is 0 Å². The molecule has 8 heteroatoms. The highest BCUT2D eigenvalue weighted by Gasteiger charge is 2.56. The summed E-state index contributed by atoms with van der Waals surface area (Å²) in [5.41, 5.74) is -1.38. The number of aromatic nitrogens is 3. The van der Waals surface area contributed by atoms with Crippen LogP contribution in [0.2, 0.25) is 0 Å². The normalized spacial score (nSPS) is 32.2. The Kier molecular flexibility index (Phi) is 2.44. The summed E-state index contributed by atoms with van der Waals surface area (Å²) in [5.74, 6) is -2.65. The minimum absolute atomic E-state index is 0.291. The first-order valence-corrected chi connectivity index (χ1v) is 6.73. The molecule has 0 saturated carbocycles. The van der Waals surface area contributed by atoms with Gasteiger partial charge in [-0.1, -0.05) is 24.3 Å². The zero-order valence-corrected chi connectivity index (χ0v) is 11.2. The molecule has 3 aliphatic rings. The van der Waals surface area contributed by atoms with Gasteiger partial charge in [0.1, 0.15) is 18.2 Å².